The number of aliphatic hydroxyl groups excluding tert-OH is 2. The number of ether oxygens (including phenoxy) is 4. The first-order valence-electron chi connectivity index (χ1n) is 14.4. The average Bonchev–Trinajstić information content (AvgIpc) is 3.91. The van der Waals surface area contributed by atoms with Crippen LogP contribution in [0.25, 0.3) is 6.08 Å². The zero-order chi connectivity index (χ0) is 28.8. The number of rotatable bonds is 14. The molecule has 0 bridgehead atoms. The molecular weight excluding hydrogens is 532 g/mol. The van der Waals surface area contributed by atoms with E-state index in [1.807, 2.05) is 0 Å². The van der Waals surface area contributed by atoms with E-state index in [-0.39, 0.29) is 57.6 Å². The van der Waals surface area contributed by atoms with Crippen LogP contribution < -0.4 is 10.6 Å². The molecule has 3 fully saturated rings. The van der Waals surface area contributed by atoms with Crippen LogP contribution in [0.5, 0.6) is 0 Å². The molecule has 5 rings (SSSR count). The highest BCUT2D eigenvalue weighted by Crippen LogP contribution is 2.59. The van der Waals surface area contributed by atoms with Crippen LogP contribution in [-0.4, -0.2) is 85.0 Å². The molecule has 1 aliphatic heterocycles. The first kappa shape index (κ1) is 29.2. The number of fused-ring (bicyclic) bond motifs is 1. The minimum Gasteiger partial charge on any atom is -0.499 e. The van der Waals surface area contributed by atoms with Crippen LogP contribution in [0.4, 0.5) is 0 Å². The molecule has 2 amide bonds. The third-order valence-electron chi connectivity index (χ3n) is 7.77. The first-order valence-corrected chi connectivity index (χ1v) is 14.4. The standard InChI is InChI=1S/C30H38N2O9/c33-13-12-31-26(35)9-11-32-28(36)20-17-24(27-25(18-20)40-30(41-27,21-5-6-21)22-7-8-22)39-29(37)23-4-2-1-3-19(23)10-15-38-16-14-34/h1-4,10,15,18,21-22,24-25,27,33-34H,5-9,11-14,16-17H2,(H,31,35)(H,32,36). The predicted molar refractivity (Wildman–Crippen MR) is 146 cm³/mol. The summed E-state index contributed by atoms with van der Waals surface area (Å²) < 4.78 is 24.5. The van der Waals surface area contributed by atoms with Crippen LogP contribution in [0, 0.1) is 11.8 Å². The van der Waals surface area contributed by atoms with E-state index < -0.39 is 30.1 Å². The molecule has 0 aromatic heterocycles. The van der Waals surface area contributed by atoms with Gasteiger partial charge in [-0.05, 0) is 49.5 Å². The molecule has 4 N–H and O–H groups in total. The minimum atomic E-state index is -0.756. The number of carbonyl (C=O) groups is 3. The number of hydrogen-bond donors (Lipinski definition) is 4. The summed E-state index contributed by atoms with van der Waals surface area (Å²) >= 11 is 0. The van der Waals surface area contributed by atoms with Gasteiger partial charge >= 0.3 is 5.97 Å². The Hall–Kier alpha value is -3.25. The molecule has 4 aliphatic rings. The molecule has 1 saturated heterocycles. The molecule has 11 heteroatoms. The second-order valence-electron chi connectivity index (χ2n) is 10.8. The summed E-state index contributed by atoms with van der Waals surface area (Å²) in [5.41, 5.74) is 1.33. The Morgan fingerprint density at radius 3 is 2.46 bits per heavy atom. The van der Waals surface area contributed by atoms with Gasteiger partial charge in [0.15, 0.2) is 5.79 Å². The number of esters is 1. The molecule has 0 spiro atoms. The number of nitrogens with one attached hydrogen (secondary N) is 2. The van der Waals surface area contributed by atoms with Crippen molar-refractivity contribution < 1.29 is 43.5 Å². The van der Waals surface area contributed by atoms with Gasteiger partial charge < -0.3 is 39.8 Å². The van der Waals surface area contributed by atoms with Crippen molar-refractivity contribution in [3.8, 4) is 0 Å². The number of benzene rings is 1. The fourth-order valence-electron chi connectivity index (χ4n) is 5.53. The fourth-order valence-corrected chi connectivity index (χ4v) is 5.53. The van der Waals surface area contributed by atoms with Gasteiger partial charge in [-0.15, -0.1) is 0 Å². The molecule has 11 nitrogen and oxygen atoms in total. The van der Waals surface area contributed by atoms with E-state index in [4.69, 9.17) is 29.2 Å². The van der Waals surface area contributed by atoms with Crippen LogP contribution in [0.2, 0.25) is 0 Å². The lowest BCUT2D eigenvalue weighted by molar-refractivity contribution is -0.209. The molecule has 222 valence electrons. The van der Waals surface area contributed by atoms with Gasteiger partial charge in [0.25, 0.3) is 0 Å². The SMILES string of the molecule is O=C(CCNC(=O)C1=CC2OC(C3CC3)(C3CC3)OC2C(OC(=O)c2ccccc2C=COCCO)C1)NCCO. The van der Waals surface area contributed by atoms with E-state index in [1.165, 1.54) is 6.26 Å². The lowest BCUT2D eigenvalue weighted by Gasteiger charge is -2.31. The van der Waals surface area contributed by atoms with Crippen molar-refractivity contribution in [2.45, 2.75) is 62.6 Å². The Labute approximate surface area is 238 Å². The van der Waals surface area contributed by atoms with Crippen molar-refractivity contribution in [3.05, 3.63) is 53.3 Å². The van der Waals surface area contributed by atoms with E-state index in [1.54, 1.807) is 36.4 Å². The Balaban J connectivity index is 1.31. The van der Waals surface area contributed by atoms with Gasteiger partial charge in [-0.1, -0.05) is 18.2 Å². The third kappa shape index (κ3) is 6.98. The van der Waals surface area contributed by atoms with Crippen molar-refractivity contribution in [2.75, 3.05) is 32.9 Å². The minimum absolute atomic E-state index is 0.0713. The van der Waals surface area contributed by atoms with E-state index in [2.05, 4.69) is 10.6 Å². The highest BCUT2D eigenvalue weighted by Gasteiger charge is 2.64. The van der Waals surface area contributed by atoms with Crippen molar-refractivity contribution in [1.82, 2.24) is 10.6 Å². The second kappa shape index (κ2) is 13.2. The van der Waals surface area contributed by atoms with E-state index >= 15 is 0 Å². The first-order chi connectivity index (χ1) is 19.9. The summed E-state index contributed by atoms with van der Waals surface area (Å²) in [6, 6.07) is 6.95. The Kier molecular flexibility index (Phi) is 9.39. The van der Waals surface area contributed by atoms with Gasteiger partial charge in [0.1, 0.15) is 24.9 Å². The number of hydrogen-bond acceptors (Lipinski definition) is 9. The van der Waals surface area contributed by atoms with Gasteiger partial charge in [-0.3, -0.25) is 9.59 Å². The lowest BCUT2D eigenvalue weighted by Crippen LogP contribution is -2.44. The Morgan fingerprint density at radius 1 is 1.00 bits per heavy atom. The summed E-state index contributed by atoms with van der Waals surface area (Å²) in [4.78, 5) is 38.4. The summed E-state index contributed by atoms with van der Waals surface area (Å²) in [5.74, 6) is -1.31. The summed E-state index contributed by atoms with van der Waals surface area (Å²) in [6.45, 7) is 0.139. The second-order valence-corrected chi connectivity index (χ2v) is 10.8. The van der Waals surface area contributed by atoms with Gasteiger partial charge in [0, 0.05) is 43.3 Å². The Bertz CT molecular complexity index is 1160. The molecule has 3 unspecified atom stereocenters. The van der Waals surface area contributed by atoms with Gasteiger partial charge in [0.2, 0.25) is 11.8 Å². The zero-order valence-corrected chi connectivity index (χ0v) is 23.0. The maximum absolute atomic E-state index is 13.5. The lowest BCUT2D eigenvalue weighted by atomic mass is 9.91. The maximum atomic E-state index is 13.5. The summed E-state index contributed by atoms with van der Waals surface area (Å²) in [6.07, 6.45) is 7.28. The van der Waals surface area contributed by atoms with Crippen LogP contribution in [0.15, 0.2) is 42.2 Å². The normalized spacial score (nSPS) is 24.8. The monoisotopic (exact) mass is 570 g/mol. The van der Waals surface area contributed by atoms with Crippen LogP contribution in [0.3, 0.4) is 0 Å². The van der Waals surface area contributed by atoms with E-state index in [9.17, 15) is 14.4 Å². The smallest absolute Gasteiger partial charge is 0.339 e. The molecule has 0 radical (unpaired) electrons. The van der Waals surface area contributed by atoms with Gasteiger partial charge in [-0.2, -0.15) is 0 Å². The van der Waals surface area contributed by atoms with E-state index in [0.717, 1.165) is 25.7 Å². The third-order valence-corrected chi connectivity index (χ3v) is 7.77. The fraction of sp³-hybridized carbons (Fsp3) is 0.567. The van der Waals surface area contributed by atoms with Crippen LogP contribution >= 0.6 is 0 Å². The van der Waals surface area contributed by atoms with Crippen molar-refractivity contribution in [2.24, 2.45) is 11.8 Å². The summed E-state index contributed by atoms with van der Waals surface area (Å²) in [7, 11) is 0. The van der Waals surface area contributed by atoms with Gasteiger partial charge in [-0.25, -0.2) is 4.79 Å². The Morgan fingerprint density at radius 2 is 1.76 bits per heavy atom. The van der Waals surface area contributed by atoms with Crippen LogP contribution in [0.1, 0.15) is 54.4 Å². The molecule has 1 aromatic rings. The number of aliphatic hydroxyl groups is 2. The molecule has 41 heavy (non-hydrogen) atoms. The molecular formula is C30H38N2O9. The largest absolute Gasteiger partial charge is 0.499 e. The quantitative estimate of drug-likeness (QED) is 0.148. The molecule has 3 aliphatic carbocycles. The van der Waals surface area contributed by atoms with Crippen molar-refractivity contribution in [3.63, 3.8) is 0 Å². The average molecular weight is 571 g/mol. The molecule has 3 atom stereocenters. The molecule has 2 saturated carbocycles. The topological polar surface area (TPSA) is 153 Å². The number of carbonyl (C=O) groups excluding carboxylic acids is 3. The van der Waals surface area contributed by atoms with Crippen LogP contribution in [-0.2, 0) is 28.5 Å². The van der Waals surface area contributed by atoms with E-state index in [0.29, 0.717) is 28.5 Å². The maximum Gasteiger partial charge on any atom is 0.339 e. The number of amides is 2. The predicted octanol–water partition coefficient (Wildman–Crippen LogP) is 1.44. The van der Waals surface area contributed by atoms with Crippen molar-refractivity contribution >= 4 is 23.9 Å². The van der Waals surface area contributed by atoms with Gasteiger partial charge in [0.05, 0.1) is 25.0 Å². The highest BCUT2D eigenvalue weighted by molar-refractivity contribution is 5.95. The molecule has 1 aromatic carbocycles. The zero-order valence-electron chi connectivity index (χ0n) is 23.0. The molecule has 1 heterocycles. The highest BCUT2D eigenvalue weighted by atomic mass is 16.8. The summed E-state index contributed by atoms with van der Waals surface area (Å²) in [5, 5.41) is 23.1. The van der Waals surface area contributed by atoms with Crippen molar-refractivity contribution in [1.29, 1.82) is 0 Å².